The zero-order chi connectivity index (χ0) is 13.5. The molecule has 0 N–H and O–H groups in total. The fourth-order valence-corrected chi connectivity index (χ4v) is 1.81. The molecule has 0 spiro atoms. The van der Waals surface area contributed by atoms with Crippen LogP contribution in [-0.2, 0) is 0 Å². The molecular weight excluding hydrogens is 220 g/mol. The molecule has 0 heterocycles. The Kier molecular flexibility index (Phi) is 5.31. The first-order chi connectivity index (χ1) is 8.68. The molecule has 18 heavy (non-hydrogen) atoms. The van der Waals surface area contributed by atoms with Crippen molar-refractivity contribution in [2.75, 3.05) is 0 Å². The summed E-state index contributed by atoms with van der Waals surface area (Å²) in [7, 11) is 0. The SMILES string of the molecule is CC.Cc1ccc(C(=O)c2ccccc2)c(C)c1. The van der Waals surface area contributed by atoms with E-state index in [0.717, 1.165) is 16.7 Å². The third kappa shape index (κ3) is 3.30. The lowest BCUT2D eigenvalue weighted by atomic mass is 9.98. The Morgan fingerprint density at radius 2 is 1.50 bits per heavy atom. The summed E-state index contributed by atoms with van der Waals surface area (Å²) in [5.74, 6) is 0.0955. The van der Waals surface area contributed by atoms with Crippen molar-refractivity contribution in [1.82, 2.24) is 0 Å². The van der Waals surface area contributed by atoms with Gasteiger partial charge in [0.25, 0.3) is 0 Å². The summed E-state index contributed by atoms with van der Waals surface area (Å²) in [5.41, 5.74) is 3.75. The minimum atomic E-state index is 0.0955. The average molecular weight is 240 g/mol. The van der Waals surface area contributed by atoms with Gasteiger partial charge in [-0.1, -0.05) is 67.9 Å². The Morgan fingerprint density at radius 1 is 0.889 bits per heavy atom. The molecule has 0 radical (unpaired) electrons. The zero-order valence-electron chi connectivity index (χ0n) is 11.5. The van der Waals surface area contributed by atoms with Gasteiger partial charge in [-0.15, -0.1) is 0 Å². The van der Waals surface area contributed by atoms with Crippen LogP contribution in [0.15, 0.2) is 48.5 Å². The highest BCUT2D eigenvalue weighted by Gasteiger charge is 2.10. The molecule has 0 bridgehead atoms. The lowest BCUT2D eigenvalue weighted by Gasteiger charge is -2.05. The van der Waals surface area contributed by atoms with Gasteiger partial charge in [-0.25, -0.2) is 0 Å². The number of ketones is 1. The maximum absolute atomic E-state index is 12.2. The quantitative estimate of drug-likeness (QED) is 0.703. The minimum Gasteiger partial charge on any atom is -0.289 e. The summed E-state index contributed by atoms with van der Waals surface area (Å²) in [4.78, 5) is 12.2. The van der Waals surface area contributed by atoms with Crippen molar-refractivity contribution in [2.45, 2.75) is 27.7 Å². The van der Waals surface area contributed by atoms with Crippen molar-refractivity contribution in [1.29, 1.82) is 0 Å². The second-order valence-electron chi connectivity index (χ2n) is 4.01. The lowest BCUT2D eigenvalue weighted by molar-refractivity contribution is 0.103. The molecule has 0 aliphatic carbocycles. The Balaban J connectivity index is 0.000000771. The largest absolute Gasteiger partial charge is 0.289 e. The van der Waals surface area contributed by atoms with Gasteiger partial charge in [-0.05, 0) is 19.4 Å². The molecule has 0 atom stereocenters. The predicted octanol–water partition coefficient (Wildman–Crippen LogP) is 4.56. The van der Waals surface area contributed by atoms with Gasteiger partial charge in [0, 0.05) is 11.1 Å². The summed E-state index contributed by atoms with van der Waals surface area (Å²) < 4.78 is 0. The van der Waals surface area contributed by atoms with E-state index in [0.29, 0.717) is 0 Å². The fraction of sp³-hybridized carbons (Fsp3) is 0.235. The summed E-state index contributed by atoms with van der Waals surface area (Å²) in [6.45, 7) is 8.01. The van der Waals surface area contributed by atoms with Gasteiger partial charge < -0.3 is 0 Å². The highest BCUT2D eigenvalue weighted by molar-refractivity contribution is 6.09. The van der Waals surface area contributed by atoms with E-state index in [-0.39, 0.29) is 5.78 Å². The third-order valence-electron chi connectivity index (χ3n) is 2.66. The number of carbonyl (C=O) groups excluding carboxylic acids is 1. The van der Waals surface area contributed by atoms with Gasteiger partial charge in [0.1, 0.15) is 0 Å². The van der Waals surface area contributed by atoms with Gasteiger partial charge in [-0.3, -0.25) is 4.79 Å². The third-order valence-corrected chi connectivity index (χ3v) is 2.66. The molecule has 2 aromatic rings. The number of hydrogen-bond donors (Lipinski definition) is 0. The van der Waals surface area contributed by atoms with Crippen LogP contribution in [-0.4, -0.2) is 5.78 Å². The molecule has 0 aliphatic rings. The molecule has 1 heteroatoms. The second kappa shape index (κ2) is 6.75. The van der Waals surface area contributed by atoms with Crippen LogP contribution in [0, 0.1) is 13.8 Å². The molecule has 0 saturated carbocycles. The molecule has 0 fully saturated rings. The van der Waals surface area contributed by atoms with Crippen molar-refractivity contribution in [3.05, 3.63) is 70.8 Å². The van der Waals surface area contributed by atoms with E-state index in [1.54, 1.807) is 0 Å². The van der Waals surface area contributed by atoms with Crippen LogP contribution in [0.1, 0.15) is 40.9 Å². The van der Waals surface area contributed by atoms with Crippen LogP contribution in [0.5, 0.6) is 0 Å². The van der Waals surface area contributed by atoms with Crippen LogP contribution in [0.3, 0.4) is 0 Å². The molecule has 0 aromatic heterocycles. The van der Waals surface area contributed by atoms with Crippen molar-refractivity contribution in [3.63, 3.8) is 0 Å². The summed E-state index contributed by atoms with van der Waals surface area (Å²) in [6, 6.07) is 15.3. The average Bonchev–Trinajstić information content (AvgIpc) is 2.41. The van der Waals surface area contributed by atoms with E-state index in [9.17, 15) is 4.79 Å². The highest BCUT2D eigenvalue weighted by atomic mass is 16.1. The van der Waals surface area contributed by atoms with E-state index >= 15 is 0 Å². The fourth-order valence-electron chi connectivity index (χ4n) is 1.81. The molecule has 0 saturated heterocycles. The van der Waals surface area contributed by atoms with Crippen LogP contribution in [0.4, 0.5) is 0 Å². The smallest absolute Gasteiger partial charge is 0.193 e. The Morgan fingerprint density at radius 3 is 2.06 bits per heavy atom. The molecule has 2 rings (SSSR count). The second-order valence-corrected chi connectivity index (χ2v) is 4.01. The van der Waals surface area contributed by atoms with E-state index in [2.05, 4.69) is 0 Å². The Hall–Kier alpha value is -1.89. The first-order valence-electron chi connectivity index (χ1n) is 6.35. The van der Waals surface area contributed by atoms with Gasteiger partial charge in [0.15, 0.2) is 5.78 Å². The topological polar surface area (TPSA) is 17.1 Å². The molecule has 0 unspecified atom stereocenters. The summed E-state index contributed by atoms with van der Waals surface area (Å²) in [5, 5.41) is 0. The first-order valence-corrected chi connectivity index (χ1v) is 6.35. The molecule has 2 aromatic carbocycles. The van der Waals surface area contributed by atoms with E-state index in [1.165, 1.54) is 5.56 Å². The maximum Gasteiger partial charge on any atom is 0.193 e. The zero-order valence-corrected chi connectivity index (χ0v) is 11.5. The van der Waals surface area contributed by atoms with Crippen LogP contribution in [0.25, 0.3) is 0 Å². The Bertz CT molecular complexity index is 512. The number of carbonyl (C=O) groups is 1. The number of hydrogen-bond acceptors (Lipinski definition) is 1. The van der Waals surface area contributed by atoms with E-state index in [1.807, 2.05) is 76.2 Å². The van der Waals surface area contributed by atoms with E-state index < -0.39 is 0 Å². The highest BCUT2D eigenvalue weighted by Crippen LogP contribution is 2.15. The van der Waals surface area contributed by atoms with Gasteiger partial charge >= 0.3 is 0 Å². The van der Waals surface area contributed by atoms with Crippen LogP contribution < -0.4 is 0 Å². The summed E-state index contributed by atoms with van der Waals surface area (Å²) >= 11 is 0. The summed E-state index contributed by atoms with van der Waals surface area (Å²) in [6.07, 6.45) is 0. The van der Waals surface area contributed by atoms with Crippen molar-refractivity contribution < 1.29 is 4.79 Å². The number of benzene rings is 2. The monoisotopic (exact) mass is 240 g/mol. The standard InChI is InChI=1S/C15H14O.C2H6/c1-11-8-9-14(12(2)10-11)15(16)13-6-4-3-5-7-13;1-2/h3-10H,1-2H3;1-2H3. The molecule has 0 aliphatic heterocycles. The normalized spacial score (nSPS) is 9.33. The minimum absolute atomic E-state index is 0.0955. The maximum atomic E-state index is 12.2. The number of rotatable bonds is 2. The van der Waals surface area contributed by atoms with Gasteiger partial charge in [0.2, 0.25) is 0 Å². The molecule has 1 nitrogen and oxygen atoms in total. The van der Waals surface area contributed by atoms with Crippen molar-refractivity contribution in [2.24, 2.45) is 0 Å². The molecular formula is C17H20O. The predicted molar refractivity (Wildman–Crippen MR) is 77.1 cm³/mol. The van der Waals surface area contributed by atoms with E-state index in [4.69, 9.17) is 0 Å². The Labute approximate surface area is 109 Å². The molecule has 94 valence electrons. The first kappa shape index (κ1) is 14.2. The van der Waals surface area contributed by atoms with Gasteiger partial charge in [-0.2, -0.15) is 0 Å². The molecule has 0 amide bonds. The number of aryl methyl sites for hydroxylation is 2. The lowest BCUT2D eigenvalue weighted by Crippen LogP contribution is -2.03. The van der Waals surface area contributed by atoms with Crippen LogP contribution in [0.2, 0.25) is 0 Å². The van der Waals surface area contributed by atoms with Crippen molar-refractivity contribution in [3.8, 4) is 0 Å². The van der Waals surface area contributed by atoms with Gasteiger partial charge in [0.05, 0.1) is 0 Å². The van der Waals surface area contributed by atoms with Crippen LogP contribution >= 0.6 is 0 Å². The van der Waals surface area contributed by atoms with Crippen molar-refractivity contribution >= 4 is 5.78 Å².